The molecule has 1 saturated heterocycles. The van der Waals surface area contributed by atoms with Gasteiger partial charge >= 0.3 is 5.97 Å². The van der Waals surface area contributed by atoms with Crippen LogP contribution in [0, 0.1) is 6.92 Å². The van der Waals surface area contributed by atoms with Gasteiger partial charge in [-0.1, -0.05) is 0 Å². The summed E-state index contributed by atoms with van der Waals surface area (Å²) in [6.07, 6.45) is 3.86. The fraction of sp³-hybridized carbons (Fsp3) is 0.615. The average Bonchev–Trinajstić information content (AvgIpc) is 2.82. The number of ether oxygens (including phenoxy) is 1. The van der Waals surface area contributed by atoms with Gasteiger partial charge < -0.3 is 14.7 Å². The Kier molecular flexibility index (Phi) is 4.73. The Morgan fingerprint density at radius 2 is 2.35 bits per heavy atom. The molecule has 2 rings (SSSR count). The van der Waals surface area contributed by atoms with Crippen molar-refractivity contribution in [1.29, 1.82) is 0 Å². The SMILES string of the molecule is Cc1cnn(CCC(=O)N2CCOC[C@@H]2CC(=O)O)c1. The van der Waals surface area contributed by atoms with Crippen LogP contribution in [0.15, 0.2) is 12.4 Å². The molecule has 2 heterocycles. The van der Waals surface area contributed by atoms with Crippen LogP contribution in [-0.2, 0) is 20.9 Å². The third-order valence-corrected chi connectivity index (χ3v) is 3.28. The van der Waals surface area contributed by atoms with Gasteiger partial charge in [0.1, 0.15) is 0 Å². The number of amides is 1. The van der Waals surface area contributed by atoms with E-state index in [1.807, 2.05) is 13.1 Å². The number of rotatable bonds is 5. The Morgan fingerprint density at radius 1 is 1.55 bits per heavy atom. The zero-order valence-corrected chi connectivity index (χ0v) is 11.5. The van der Waals surface area contributed by atoms with E-state index >= 15 is 0 Å². The number of carbonyl (C=O) groups is 2. The zero-order valence-electron chi connectivity index (χ0n) is 11.5. The molecule has 20 heavy (non-hydrogen) atoms. The number of nitrogens with zero attached hydrogens (tertiary/aromatic N) is 3. The summed E-state index contributed by atoms with van der Waals surface area (Å²) >= 11 is 0. The number of carbonyl (C=O) groups excluding carboxylic acids is 1. The smallest absolute Gasteiger partial charge is 0.305 e. The van der Waals surface area contributed by atoms with Gasteiger partial charge in [0.15, 0.2) is 0 Å². The maximum absolute atomic E-state index is 12.2. The first-order valence-electron chi connectivity index (χ1n) is 6.64. The van der Waals surface area contributed by atoms with Crippen molar-refractivity contribution in [3.8, 4) is 0 Å². The molecule has 1 amide bonds. The molecule has 1 aromatic heterocycles. The molecule has 0 radical (unpaired) electrons. The van der Waals surface area contributed by atoms with Crippen LogP contribution in [0.25, 0.3) is 0 Å². The number of aliphatic carboxylic acids is 1. The number of hydrogen-bond acceptors (Lipinski definition) is 4. The van der Waals surface area contributed by atoms with Crippen LogP contribution >= 0.6 is 0 Å². The molecule has 1 aliphatic rings. The fourth-order valence-electron chi connectivity index (χ4n) is 2.30. The van der Waals surface area contributed by atoms with Gasteiger partial charge in [-0.2, -0.15) is 5.10 Å². The summed E-state index contributed by atoms with van der Waals surface area (Å²) in [6, 6.07) is -0.367. The summed E-state index contributed by atoms with van der Waals surface area (Å²) < 4.78 is 6.98. The number of aryl methyl sites for hydroxylation is 2. The monoisotopic (exact) mass is 281 g/mol. The number of carboxylic acids is 1. The highest BCUT2D eigenvalue weighted by atomic mass is 16.5. The quantitative estimate of drug-likeness (QED) is 0.838. The van der Waals surface area contributed by atoms with Gasteiger partial charge in [0, 0.05) is 25.7 Å². The highest BCUT2D eigenvalue weighted by Gasteiger charge is 2.28. The second-order valence-electron chi connectivity index (χ2n) is 4.94. The van der Waals surface area contributed by atoms with E-state index in [-0.39, 0.29) is 18.4 Å². The minimum Gasteiger partial charge on any atom is -0.481 e. The Balaban J connectivity index is 1.90. The number of aromatic nitrogens is 2. The third-order valence-electron chi connectivity index (χ3n) is 3.28. The molecule has 7 heteroatoms. The van der Waals surface area contributed by atoms with Crippen molar-refractivity contribution in [2.75, 3.05) is 19.8 Å². The molecule has 0 spiro atoms. The van der Waals surface area contributed by atoms with Crippen LogP contribution in [-0.4, -0.2) is 57.5 Å². The van der Waals surface area contributed by atoms with Crippen LogP contribution in [0.3, 0.4) is 0 Å². The van der Waals surface area contributed by atoms with Gasteiger partial charge in [0.2, 0.25) is 5.91 Å². The average molecular weight is 281 g/mol. The molecular weight excluding hydrogens is 262 g/mol. The minimum atomic E-state index is -0.916. The van der Waals surface area contributed by atoms with Gasteiger partial charge in [-0.3, -0.25) is 14.3 Å². The Hall–Kier alpha value is -1.89. The largest absolute Gasteiger partial charge is 0.481 e. The van der Waals surface area contributed by atoms with E-state index in [2.05, 4.69) is 5.10 Å². The van der Waals surface area contributed by atoms with Crippen molar-refractivity contribution < 1.29 is 19.4 Å². The molecule has 1 aromatic rings. The summed E-state index contributed by atoms with van der Waals surface area (Å²) in [5.74, 6) is -0.964. The molecule has 0 aromatic carbocycles. The van der Waals surface area contributed by atoms with E-state index in [0.717, 1.165) is 5.56 Å². The first kappa shape index (κ1) is 14.5. The highest BCUT2D eigenvalue weighted by molar-refractivity contribution is 5.77. The Bertz CT molecular complexity index is 486. The number of morpholine rings is 1. The van der Waals surface area contributed by atoms with Crippen LogP contribution in [0.2, 0.25) is 0 Å². The van der Waals surface area contributed by atoms with Gasteiger partial charge in [0.05, 0.1) is 31.9 Å². The van der Waals surface area contributed by atoms with Crippen molar-refractivity contribution in [2.45, 2.75) is 32.4 Å². The van der Waals surface area contributed by atoms with Crippen LogP contribution in [0.1, 0.15) is 18.4 Å². The molecule has 1 aliphatic heterocycles. The second kappa shape index (κ2) is 6.51. The van der Waals surface area contributed by atoms with E-state index in [1.165, 1.54) is 0 Å². The van der Waals surface area contributed by atoms with Gasteiger partial charge in [0.25, 0.3) is 0 Å². The van der Waals surface area contributed by atoms with E-state index in [9.17, 15) is 9.59 Å². The molecule has 1 fully saturated rings. The molecule has 0 bridgehead atoms. The van der Waals surface area contributed by atoms with Crippen molar-refractivity contribution in [1.82, 2.24) is 14.7 Å². The predicted molar refractivity (Wildman–Crippen MR) is 70.2 cm³/mol. The van der Waals surface area contributed by atoms with Gasteiger partial charge in [-0.15, -0.1) is 0 Å². The number of hydrogen-bond donors (Lipinski definition) is 1. The van der Waals surface area contributed by atoms with Crippen LogP contribution in [0.4, 0.5) is 0 Å². The summed E-state index contributed by atoms with van der Waals surface area (Å²) in [6.45, 7) is 3.65. The normalized spacial score (nSPS) is 19.1. The lowest BCUT2D eigenvalue weighted by atomic mass is 10.1. The Labute approximate surface area is 117 Å². The molecule has 7 nitrogen and oxygen atoms in total. The fourth-order valence-corrected chi connectivity index (χ4v) is 2.30. The van der Waals surface area contributed by atoms with Crippen LogP contribution in [0.5, 0.6) is 0 Å². The molecule has 110 valence electrons. The van der Waals surface area contributed by atoms with Crippen molar-refractivity contribution in [3.63, 3.8) is 0 Å². The van der Waals surface area contributed by atoms with Gasteiger partial charge in [-0.25, -0.2) is 0 Å². The molecule has 0 aliphatic carbocycles. The van der Waals surface area contributed by atoms with Crippen LogP contribution < -0.4 is 0 Å². The maximum Gasteiger partial charge on any atom is 0.305 e. The topological polar surface area (TPSA) is 84.7 Å². The van der Waals surface area contributed by atoms with E-state index < -0.39 is 5.97 Å². The standard InChI is InChI=1S/C13H19N3O4/c1-10-7-14-15(8-10)3-2-12(17)16-4-5-20-9-11(16)6-13(18)19/h7-8,11H,2-6,9H2,1H3,(H,18,19)/t11-/m0/s1. The first-order chi connectivity index (χ1) is 9.56. The lowest BCUT2D eigenvalue weighted by molar-refractivity contribution is -0.146. The lowest BCUT2D eigenvalue weighted by Crippen LogP contribution is -2.49. The highest BCUT2D eigenvalue weighted by Crippen LogP contribution is 2.12. The molecule has 1 atom stereocenters. The molecule has 0 saturated carbocycles. The van der Waals surface area contributed by atoms with E-state index in [0.29, 0.717) is 32.7 Å². The summed E-state index contributed by atoms with van der Waals surface area (Å²) in [5.41, 5.74) is 1.05. The molecule has 1 N–H and O–H groups in total. The second-order valence-corrected chi connectivity index (χ2v) is 4.94. The third kappa shape index (κ3) is 3.80. The molecule has 0 unspecified atom stereocenters. The summed E-state index contributed by atoms with van der Waals surface area (Å²) in [4.78, 5) is 24.6. The van der Waals surface area contributed by atoms with E-state index in [1.54, 1.807) is 15.8 Å². The van der Waals surface area contributed by atoms with Gasteiger partial charge in [-0.05, 0) is 12.5 Å². The van der Waals surface area contributed by atoms with E-state index in [4.69, 9.17) is 9.84 Å². The first-order valence-corrected chi connectivity index (χ1v) is 6.64. The van der Waals surface area contributed by atoms with Crippen molar-refractivity contribution in [2.24, 2.45) is 0 Å². The molecular formula is C13H19N3O4. The number of carboxylic acid groups (broad SMARTS) is 1. The minimum absolute atomic E-state index is 0.0484. The maximum atomic E-state index is 12.2. The predicted octanol–water partition coefficient (Wildman–Crippen LogP) is 0.284. The van der Waals surface area contributed by atoms with Crippen molar-refractivity contribution in [3.05, 3.63) is 18.0 Å². The van der Waals surface area contributed by atoms with Crippen molar-refractivity contribution >= 4 is 11.9 Å². The zero-order chi connectivity index (χ0) is 14.5. The summed E-state index contributed by atoms with van der Waals surface area (Å²) in [7, 11) is 0. The summed E-state index contributed by atoms with van der Waals surface area (Å²) in [5, 5.41) is 13.0. The Morgan fingerprint density at radius 3 is 3.00 bits per heavy atom. The lowest BCUT2D eigenvalue weighted by Gasteiger charge is -2.34.